The van der Waals surface area contributed by atoms with Crippen molar-refractivity contribution in [3.05, 3.63) is 72.3 Å². The normalized spacial score (nSPS) is 14.0. The minimum Gasteiger partial charge on any atom is -0.497 e. The van der Waals surface area contributed by atoms with E-state index in [2.05, 4.69) is 11.0 Å². The number of ketones is 1. The van der Waals surface area contributed by atoms with Crippen molar-refractivity contribution in [1.82, 2.24) is 4.90 Å². The molecular weight excluding hydrogens is 376 g/mol. The Labute approximate surface area is 176 Å². The maximum Gasteiger partial charge on any atom is 0.223 e. The number of amides is 1. The zero-order valence-electron chi connectivity index (χ0n) is 17.2. The fourth-order valence-electron chi connectivity index (χ4n) is 3.91. The molecule has 0 aliphatic carbocycles. The number of carbonyl (C=O) groups excluding carboxylic acids is 2. The number of rotatable bonds is 6. The Balaban J connectivity index is 1.29. The Bertz CT molecular complexity index is 1050. The number of fused-ring (bicyclic) bond motifs is 1. The molecule has 1 aliphatic heterocycles. The van der Waals surface area contributed by atoms with Crippen LogP contribution in [0, 0.1) is 0 Å². The summed E-state index contributed by atoms with van der Waals surface area (Å²) in [6.45, 7) is 2.88. The molecule has 0 saturated carbocycles. The van der Waals surface area contributed by atoms with Crippen LogP contribution in [-0.4, -0.2) is 49.9 Å². The summed E-state index contributed by atoms with van der Waals surface area (Å²) in [6.07, 6.45) is 0.498. The van der Waals surface area contributed by atoms with Gasteiger partial charge in [0.05, 0.1) is 7.11 Å². The molecule has 3 aromatic carbocycles. The van der Waals surface area contributed by atoms with Crippen LogP contribution in [0.2, 0.25) is 0 Å². The van der Waals surface area contributed by atoms with Gasteiger partial charge in [-0.05, 0) is 29.0 Å². The van der Waals surface area contributed by atoms with Crippen LogP contribution >= 0.6 is 0 Å². The molecule has 0 bridgehead atoms. The van der Waals surface area contributed by atoms with Crippen LogP contribution in [0.5, 0.6) is 5.75 Å². The van der Waals surface area contributed by atoms with Gasteiger partial charge in [0.25, 0.3) is 0 Å². The lowest BCUT2D eigenvalue weighted by Crippen LogP contribution is -2.48. The monoisotopic (exact) mass is 402 g/mol. The molecule has 154 valence electrons. The minimum absolute atomic E-state index is 0.0177. The summed E-state index contributed by atoms with van der Waals surface area (Å²) in [5, 5.41) is 2.15. The molecule has 1 amide bonds. The summed E-state index contributed by atoms with van der Waals surface area (Å²) in [5.41, 5.74) is 1.78. The number of hydrogen-bond donors (Lipinski definition) is 0. The Morgan fingerprint density at radius 3 is 2.37 bits per heavy atom. The van der Waals surface area contributed by atoms with Crippen LogP contribution in [0.3, 0.4) is 0 Å². The smallest absolute Gasteiger partial charge is 0.223 e. The predicted molar refractivity (Wildman–Crippen MR) is 119 cm³/mol. The fraction of sp³-hybridized carbons (Fsp3) is 0.280. The molecule has 0 radical (unpaired) electrons. The van der Waals surface area contributed by atoms with Crippen LogP contribution in [0.4, 0.5) is 5.69 Å². The summed E-state index contributed by atoms with van der Waals surface area (Å²) in [7, 11) is 1.66. The highest BCUT2D eigenvalue weighted by Crippen LogP contribution is 2.22. The Morgan fingerprint density at radius 1 is 0.833 bits per heavy atom. The van der Waals surface area contributed by atoms with Crippen LogP contribution in [0.15, 0.2) is 66.7 Å². The van der Waals surface area contributed by atoms with Crippen molar-refractivity contribution in [1.29, 1.82) is 0 Å². The van der Waals surface area contributed by atoms with Gasteiger partial charge in [0.15, 0.2) is 5.78 Å². The van der Waals surface area contributed by atoms with Gasteiger partial charge in [-0.3, -0.25) is 9.59 Å². The number of hydrogen-bond acceptors (Lipinski definition) is 4. The first kappa shape index (κ1) is 20.0. The van der Waals surface area contributed by atoms with Gasteiger partial charge in [-0.25, -0.2) is 0 Å². The maximum atomic E-state index is 12.6. The summed E-state index contributed by atoms with van der Waals surface area (Å²) >= 11 is 0. The van der Waals surface area contributed by atoms with E-state index in [0.29, 0.717) is 18.7 Å². The van der Waals surface area contributed by atoms with Crippen LogP contribution < -0.4 is 9.64 Å². The molecule has 30 heavy (non-hydrogen) atoms. The molecule has 0 unspecified atom stereocenters. The third-order valence-electron chi connectivity index (χ3n) is 5.69. The molecule has 0 atom stereocenters. The number of anilines is 1. The van der Waals surface area contributed by atoms with E-state index in [9.17, 15) is 9.59 Å². The number of ether oxygens (including phenoxy) is 1. The summed E-state index contributed by atoms with van der Waals surface area (Å²) in [6, 6.07) is 21.7. The molecule has 1 fully saturated rings. The molecular formula is C25H26N2O3. The van der Waals surface area contributed by atoms with E-state index in [1.807, 2.05) is 65.6 Å². The van der Waals surface area contributed by atoms with E-state index in [-0.39, 0.29) is 24.5 Å². The summed E-state index contributed by atoms with van der Waals surface area (Å²) in [4.78, 5) is 29.3. The van der Waals surface area contributed by atoms with E-state index < -0.39 is 0 Å². The van der Waals surface area contributed by atoms with Gasteiger partial charge < -0.3 is 14.5 Å². The highest BCUT2D eigenvalue weighted by atomic mass is 16.5. The second-order valence-corrected chi connectivity index (χ2v) is 7.55. The zero-order valence-corrected chi connectivity index (χ0v) is 17.2. The molecule has 5 heteroatoms. The number of Topliss-reactive ketones (excluding diaryl/α,β-unsaturated/α-hetero) is 1. The summed E-state index contributed by atoms with van der Waals surface area (Å²) in [5.74, 6) is 0.900. The second-order valence-electron chi connectivity index (χ2n) is 7.55. The number of methoxy groups -OCH3 is 1. The number of nitrogens with zero attached hydrogens (tertiary/aromatic N) is 2. The number of piperazine rings is 1. The average Bonchev–Trinajstić information content (AvgIpc) is 2.82. The van der Waals surface area contributed by atoms with Gasteiger partial charge in [-0.2, -0.15) is 0 Å². The highest BCUT2D eigenvalue weighted by molar-refractivity contribution is 6.01. The Morgan fingerprint density at radius 2 is 1.60 bits per heavy atom. The van der Waals surface area contributed by atoms with Gasteiger partial charge in [-0.1, -0.05) is 42.5 Å². The van der Waals surface area contributed by atoms with Crippen molar-refractivity contribution in [3.8, 4) is 5.75 Å². The largest absolute Gasteiger partial charge is 0.497 e. The average molecular weight is 402 g/mol. The summed E-state index contributed by atoms with van der Waals surface area (Å²) < 4.78 is 5.30. The van der Waals surface area contributed by atoms with Gasteiger partial charge >= 0.3 is 0 Å². The maximum absolute atomic E-state index is 12.6. The predicted octanol–water partition coefficient (Wildman–Crippen LogP) is 4.16. The van der Waals surface area contributed by atoms with Gasteiger partial charge in [-0.15, -0.1) is 0 Å². The number of benzene rings is 3. The second kappa shape index (κ2) is 8.99. The molecule has 3 aromatic rings. The molecule has 1 heterocycles. The molecule has 1 saturated heterocycles. The molecule has 4 rings (SSSR count). The van der Waals surface area contributed by atoms with E-state index in [0.717, 1.165) is 35.3 Å². The first-order chi connectivity index (χ1) is 14.6. The van der Waals surface area contributed by atoms with Crippen molar-refractivity contribution in [3.63, 3.8) is 0 Å². The lowest BCUT2D eigenvalue weighted by atomic mass is 10.0. The Kier molecular flexibility index (Phi) is 5.98. The zero-order chi connectivity index (χ0) is 20.9. The minimum atomic E-state index is 0.0177. The van der Waals surface area contributed by atoms with Crippen LogP contribution in [0.25, 0.3) is 10.8 Å². The third kappa shape index (κ3) is 4.46. The lowest BCUT2D eigenvalue weighted by molar-refractivity contribution is -0.131. The fourth-order valence-corrected chi connectivity index (χ4v) is 3.91. The third-order valence-corrected chi connectivity index (χ3v) is 5.69. The van der Waals surface area contributed by atoms with Crippen LogP contribution in [0.1, 0.15) is 23.2 Å². The SMILES string of the molecule is COc1cccc(N2CCN(C(=O)CCC(=O)c3ccc4ccccc4c3)CC2)c1. The van der Waals surface area contributed by atoms with E-state index in [1.54, 1.807) is 7.11 Å². The lowest BCUT2D eigenvalue weighted by Gasteiger charge is -2.36. The number of carbonyl (C=O) groups is 2. The standard InChI is InChI=1S/C25H26N2O3/c1-30-23-8-4-7-22(18-23)26-13-15-27(16-14-26)25(29)12-11-24(28)21-10-9-19-5-2-3-6-20(19)17-21/h2-10,17-18H,11-16H2,1H3. The molecule has 1 aliphatic rings. The van der Waals surface area contributed by atoms with Crippen molar-refractivity contribution >= 4 is 28.2 Å². The quantitative estimate of drug-likeness (QED) is 0.581. The molecule has 0 aromatic heterocycles. The van der Waals surface area contributed by atoms with Crippen molar-refractivity contribution in [2.24, 2.45) is 0 Å². The van der Waals surface area contributed by atoms with Gasteiger partial charge in [0, 0.05) is 56.3 Å². The van der Waals surface area contributed by atoms with Gasteiger partial charge in [0.1, 0.15) is 5.75 Å². The van der Waals surface area contributed by atoms with Crippen molar-refractivity contribution in [2.45, 2.75) is 12.8 Å². The van der Waals surface area contributed by atoms with Crippen molar-refractivity contribution < 1.29 is 14.3 Å². The molecule has 5 nitrogen and oxygen atoms in total. The highest BCUT2D eigenvalue weighted by Gasteiger charge is 2.22. The van der Waals surface area contributed by atoms with E-state index >= 15 is 0 Å². The van der Waals surface area contributed by atoms with Crippen molar-refractivity contribution in [2.75, 3.05) is 38.2 Å². The van der Waals surface area contributed by atoms with E-state index in [4.69, 9.17) is 4.74 Å². The molecule has 0 spiro atoms. The van der Waals surface area contributed by atoms with Crippen LogP contribution in [-0.2, 0) is 4.79 Å². The van der Waals surface area contributed by atoms with Gasteiger partial charge in [0.2, 0.25) is 5.91 Å². The Hall–Kier alpha value is -3.34. The topological polar surface area (TPSA) is 49.9 Å². The van der Waals surface area contributed by atoms with E-state index in [1.165, 1.54) is 0 Å². The molecule has 0 N–H and O–H groups in total. The first-order valence-electron chi connectivity index (χ1n) is 10.3. The first-order valence-corrected chi connectivity index (χ1v) is 10.3.